The zero-order valence-corrected chi connectivity index (χ0v) is 17.4. The molecular formula is C24H34FNO3. The molecular weight excluding hydrogens is 369 g/mol. The van der Waals surface area contributed by atoms with Crippen molar-refractivity contribution in [3.05, 3.63) is 24.0 Å². The molecule has 4 nitrogen and oxygen atoms in total. The van der Waals surface area contributed by atoms with Gasteiger partial charge in [0.2, 0.25) is 0 Å². The predicted molar refractivity (Wildman–Crippen MR) is 112 cm³/mol. The van der Waals surface area contributed by atoms with Gasteiger partial charge in [-0.2, -0.15) is 0 Å². The lowest BCUT2D eigenvalue weighted by Gasteiger charge is -2.46. The summed E-state index contributed by atoms with van der Waals surface area (Å²) in [6.45, 7) is 1.82. The molecule has 0 bridgehead atoms. The van der Waals surface area contributed by atoms with Gasteiger partial charge < -0.3 is 14.7 Å². The highest BCUT2D eigenvalue weighted by molar-refractivity contribution is 5.66. The Morgan fingerprint density at radius 3 is 2.48 bits per heavy atom. The molecule has 160 valence electrons. The van der Waals surface area contributed by atoms with Crippen LogP contribution < -0.4 is 9.64 Å². The van der Waals surface area contributed by atoms with Crippen LogP contribution in [0, 0.1) is 17.2 Å². The Labute approximate surface area is 173 Å². The molecule has 0 amide bonds. The number of rotatable bonds is 7. The smallest absolute Gasteiger partial charge is 0.303 e. The van der Waals surface area contributed by atoms with E-state index in [9.17, 15) is 9.18 Å². The van der Waals surface area contributed by atoms with Gasteiger partial charge in [0.25, 0.3) is 0 Å². The van der Waals surface area contributed by atoms with E-state index in [4.69, 9.17) is 9.84 Å². The summed E-state index contributed by atoms with van der Waals surface area (Å²) in [7, 11) is 0. The van der Waals surface area contributed by atoms with Crippen LogP contribution in [-0.2, 0) is 4.79 Å². The predicted octanol–water partition coefficient (Wildman–Crippen LogP) is 5.79. The molecule has 5 heteroatoms. The first-order chi connectivity index (χ1) is 14.0. The molecule has 0 radical (unpaired) electrons. The lowest BCUT2D eigenvalue weighted by atomic mass is 9.65. The molecule has 2 aliphatic carbocycles. The minimum atomic E-state index is -0.681. The fourth-order valence-electron chi connectivity index (χ4n) is 5.33. The van der Waals surface area contributed by atoms with E-state index in [1.807, 2.05) is 6.07 Å². The first-order valence-electron chi connectivity index (χ1n) is 11.5. The van der Waals surface area contributed by atoms with E-state index < -0.39 is 5.97 Å². The fraction of sp³-hybridized carbons (Fsp3) is 0.708. The molecule has 1 aliphatic heterocycles. The monoisotopic (exact) mass is 403 g/mol. The van der Waals surface area contributed by atoms with Crippen molar-refractivity contribution in [1.29, 1.82) is 0 Å². The van der Waals surface area contributed by atoms with E-state index in [2.05, 4.69) is 4.90 Å². The third kappa shape index (κ3) is 5.04. The Kier molecular flexibility index (Phi) is 6.31. The molecule has 0 atom stereocenters. The molecule has 1 heterocycles. The average molecular weight is 404 g/mol. The topological polar surface area (TPSA) is 49.8 Å². The standard InChI is InChI=1S/C24H34FNO3/c25-21-8-7-20(29-19-4-2-5-19)17-22(21)26-15-13-24(14-16-26)11-9-18(10-12-24)3-1-6-23(27)28/h7-8,17-19H,1-6,9-16H2,(H,27,28). The molecule has 1 aromatic rings. The maximum absolute atomic E-state index is 14.5. The number of hydrogen-bond donors (Lipinski definition) is 1. The van der Waals surface area contributed by atoms with Gasteiger partial charge in [0, 0.05) is 25.6 Å². The number of piperidine rings is 1. The third-order valence-electron chi connectivity index (χ3n) is 7.61. The molecule has 2 saturated carbocycles. The number of anilines is 1. The lowest BCUT2D eigenvalue weighted by Crippen LogP contribution is -2.42. The highest BCUT2D eigenvalue weighted by Gasteiger charge is 2.38. The van der Waals surface area contributed by atoms with Gasteiger partial charge in [0.1, 0.15) is 11.6 Å². The van der Waals surface area contributed by atoms with Crippen LogP contribution in [0.15, 0.2) is 18.2 Å². The summed E-state index contributed by atoms with van der Waals surface area (Å²) in [4.78, 5) is 12.9. The van der Waals surface area contributed by atoms with Crippen LogP contribution in [-0.4, -0.2) is 30.3 Å². The van der Waals surface area contributed by atoms with Crippen LogP contribution in [0.5, 0.6) is 5.75 Å². The van der Waals surface area contributed by atoms with Crippen molar-refractivity contribution < 1.29 is 19.0 Å². The van der Waals surface area contributed by atoms with Gasteiger partial charge in [0.05, 0.1) is 11.8 Å². The molecule has 1 aromatic carbocycles. The minimum absolute atomic E-state index is 0.149. The molecule has 1 N–H and O–H groups in total. The Hall–Kier alpha value is -1.78. The first kappa shape index (κ1) is 20.5. The average Bonchev–Trinajstić information content (AvgIpc) is 2.68. The van der Waals surface area contributed by atoms with Gasteiger partial charge >= 0.3 is 5.97 Å². The number of carbonyl (C=O) groups is 1. The number of halogens is 1. The van der Waals surface area contributed by atoms with E-state index in [1.54, 1.807) is 12.1 Å². The molecule has 0 aromatic heterocycles. The van der Waals surface area contributed by atoms with Crippen molar-refractivity contribution in [2.24, 2.45) is 11.3 Å². The summed E-state index contributed by atoms with van der Waals surface area (Å²) >= 11 is 0. The van der Waals surface area contributed by atoms with Crippen molar-refractivity contribution in [2.75, 3.05) is 18.0 Å². The fourth-order valence-corrected chi connectivity index (χ4v) is 5.33. The number of carboxylic acids is 1. The van der Waals surface area contributed by atoms with Gasteiger partial charge in [-0.3, -0.25) is 4.79 Å². The summed E-state index contributed by atoms with van der Waals surface area (Å²) in [6.07, 6.45) is 13.1. The zero-order valence-electron chi connectivity index (χ0n) is 17.4. The number of nitrogens with zero attached hydrogens (tertiary/aromatic N) is 1. The maximum Gasteiger partial charge on any atom is 0.303 e. The summed E-state index contributed by atoms with van der Waals surface area (Å²) in [5.41, 5.74) is 1.11. The van der Waals surface area contributed by atoms with Gasteiger partial charge in [-0.1, -0.05) is 0 Å². The highest BCUT2D eigenvalue weighted by Crippen LogP contribution is 2.48. The van der Waals surface area contributed by atoms with E-state index >= 15 is 0 Å². The summed E-state index contributed by atoms with van der Waals surface area (Å²) in [5.74, 6) is 0.659. The first-order valence-corrected chi connectivity index (χ1v) is 11.5. The van der Waals surface area contributed by atoms with Crippen molar-refractivity contribution in [3.8, 4) is 5.75 Å². The molecule has 0 unspecified atom stereocenters. The normalized spacial score (nSPS) is 22.4. The van der Waals surface area contributed by atoms with Crippen LogP contribution in [0.1, 0.15) is 77.0 Å². The summed E-state index contributed by atoms with van der Waals surface area (Å²) in [5, 5.41) is 8.82. The van der Waals surface area contributed by atoms with E-state index in [-0.39, 0.29) is 5.82 Å². The Morgan fingerprint density at radius 1 is 1.14 bits per heavy atom. The van der Waals surface area contributed by atoms with Gasteiger partial charge in [-0.25, -0.2) is 4.39 Å². The quantitative estimate of drug-likeness (QED) is 0.626. The molecule has 3 aliphatic rings. The van der Waals surface area contributed by atoms with Crippen molar-refractivity contribution in [2.45, 2.75) is 83.2 Å². The van der Waals surface area contributed by atoms with Crippen LogP contribution in [0.2, 0.25) is 0 Å². The number of ether oxygens (including phenoxy) is 1. The van der Waals surface area contributed by atoms with Gasteiger partial charge in [-0.05, 0) is 94.1 Å². The van der Waals surface area contributed by atoms with Gasteiger partial charge in [-0.15, -0.1) is 0 Å². The maximum atomic E-state index is 14.5. The highest BCUT2D eigenvalue weighted by atomic mass is 19.1. The largest absolute Gasteiger partial charge is 0.490 e. The lowest BCUT2D eigenvalue weighted by molar-refractivity contribution is -0.137. The van der Waals surface area contributed by atoms with Crippen molar-refractivity contribution in [3.63, 3.8) is 0 Å². The number of hydrogen-bond acceptors (Lipinski definition) is 3. The molecule has 4 rings (SSSR count). The van der Waals surface area contributed by atoms with Crippen molar-refractivity contribution >= 4 is 11.7 Å². The number of carboxylic acid groups (broad SMARTS) is 1. The summed E-state index contributed by atoms with van der Waals surface area (Å²) in [6, 6.07) is 5.20. The van der Waals surface area contributed by atoms with Crippen molar-refractivity contribution in [1.82, 2.24) is 0 Å². The van der Waals surface area contributed by atoms with Gasteiger partial charge in [0.15, 0.2) is 0 Å². The minimum Gasteiger partial charge on any atom is -0.490 e. The van der Waals surface area contributed by atoms with E-state index in [0.29, 0.717) is 29.5 Å². The number of aliphatic carboxylic acids is 1. The molecule has 1 spiro atoms. The zero-order chi connectivity index (χ0) is 20.3. The summed E-state index contributed by atoms with van der Waals surface area (Å²) < 4.78 is 20.5. The van der Waals surface area contributed by atoms with Crippen LogP contribution >= 0.6 is 0 Å². The van der Waals surface area contributed by atoms with E-state index in [0.717, 1.165) is 57.4 Å². The number of benzene rings is 1. The second-order valence-electron chi connectivity index (χ2n) is 9.50. The van der Waals surface area contributed by atoms with Crippen LogP contribution in [0.4, 0.5) is 10.1 Å². The molecule has 1 saturated heterocycles. The SMILES string of the molecule is O=C(O)CCCC1CCC2(CC1)CCN(c1cc(OC3CCC3)ccc1F)CC2. The molecule has 29 heavy (non-hydrogen) atoms. The third-order valence-corrected chi connectivity index (χ3v) is 7.61. The Balaban J connectivity index is 1.28. The second-order valence-corrected chi connectivity index (χ2v) is 9.50. The Bertz CT molecular complexity index is 700. The van der Waals surface area contributed by atoms with E-state index in [1.165, 1.54) is 32.1 Å². The van der Waals surface area contributed by atoms with Crippen LogP contribution in [0.3, 0.4) is 0 Å². The second kappa shape index (κ2) is 8.93. The Morgan fingerprint density at radius 2 is 1.86 bits per heavy atom. The van der Waals surface area contributed by atoms with Crippen LogP contribution in [0.25, 0.3) is 0 Å². The molecule has 3 fully saturated rings.